The lowest BCUT2D eigenvalue weighted by atomic mass is 10.0. The van der Waals surface area contributed by atoms with Crippen molar-refractivity contribution in [2.75, 3.05) is 0 Å². The minimum Gasteiger partial charge on any atom is -0.346 e. The van der Waals surface area contributed by atoms with Crippen LogP contribution in [-0.4, -0.2) is 31.1 Å². The van der Waals surface area contributed by atoms with Crippen LogP contribution in [0.5, 0.6) is 0 Å². The molecule has 0 fully saturated rings. The molecule has 0 saturated carbocycles. The maximum Gasteiger partial charge on any atom is 0.251 e. The molecule has 0 spiro atoms. The van der Waals surface area contributed by atoms with Crippen LogP contribution in [0.1, 0.15) is 28.9 Å². The van der Waals surface area contributed by atoms with Gasteiger partial charge in [0, 0.05) is 23.5 Å². The van der Waals surface area contributed by atoms with Gasteiger partial charge in [0.2, 0.25) is 0 Å². The third-order valence-corrected chi connectivity index (χ3v) is 4.90. The predicted molar refractivity (Wildman–Crippen MR) is 110 cm³/mol. The van der Waals surface area contributed by atoms with Gasteiger partial charge >= 0.3 is 0 Å². The summed E-state index contributed by atoms with van der Waals surface area (Å²) in [6.07, 6.45) is 4.77. The van der Waals surface area contributed by atoms with Gasteiger partial charge in [-0.15, -0.1) is 5.10 Å². The third-order valence-electron chi connectivity index (χ3n) is 4.59. The van der Waals surface area contributed by atoms with Gasteiger partial charge in [-0.3, -0.25) is 9.78 Å². The molecule has 0 saturated heterocycles. The molecule has 7 nitrogen and oxygen atoms in total. The van der Waals surface area contributed by atoms with E-state index < -0.39 is 5.82 Å². The minimum atomic E-state index is -0.440. The van der Waals surface area contributed by atoms with Crippen molar-refractivity contribution in [3.05, 3.63) is 89.2 Å². The fraction of sp³-hybridized carbons (Fsp3) is 0.0952. The maximum absolute atomic E-state index is 13.5. The van der Waals surface area contributed by atoms with Crippen LogP contribution in [0.4, 0.5) is 4.39 Å². The van der Waals surface area contributed by atoms with Gasteiger partial charge in [0.15, 0.2) is 0 Å². The first-order chi connectivity index (χ1) is 14.5. The van der Waals surface area contributed by atoms with E-state index in [2.05, 4.69) is 25.8 Å². The lowest BCUT2D eigenvalue weighted by molar-refractivity contribution is 0.0940. The topological polar surface area (TPSA) is 85.6 Å². The Bertz CT molecular complexity index is 1180. The number of carbonyl (C=O) groups is 1. The molecule has 1 atom stereocenters. The van der Waals surface area contributed by atoms with Crippen molar-refractivity contribution in [1.82, 2.24) is 30.5 Å². The van der Waals surface area contributed by atoms with Gasteiger partial charge in [0.1, 0.15) is 12.1 Å². The number of rotatable bonds is 5. The number of nitrogens with zero attached hydrogens (tertiary/aromatic N) is 5. The Labute approximate surface area is 176 Å². The molecule has 2 heterocycles. The fourth-order valence-corrected chi connectivity index (χ4v) is 3.32. The highest BCUT2D eigenvalue weighted by atomic mass is 35.5. The highest BCUT2D eigenvalue weighted by molar-refractivity contribution is 6.33. The molecule has 1 unspecified atom stereocenters. The van der Waals surface area contributed by atoms with Crippen LogP contribution >= 0.6 is 11.6 Å². The van der Waals surface area contributed by atoms with Crippen molar-refractivity contribution in [1.29, 1.82) is 0 Å². The lowest BCUT2D eigenvalue weighted by Crippen LogP contribution is -2.26. The summed E-state index contributed by atoms with van der Waals surface area (Å²) in [5, 5.41) is 14.4. The molecule has 1 amide bonds. The van der Waals surface area contributed by atoms with E-state index in [1.165, 1.54) is 23.1 Å². The summed E-state index contributed by atoms with van der Waals surface area (Å²) in [6.45, 7) is 1.89. The average Bonchev–Trinajstić information content (AvgIpc) is 3.29. The number of hydrogen-bond acceptors (Lipinski definition) is 5. The van der Waals surface area contributed by atoms with Gasteiger partial charge in [-0.25, -0.2) is 9.07 Å². The number of aromatic nitrogens is 5. The SMILES string of the molecule is CC(NC(=O)c1cc(-c2ccc(F)cc2Cl)cc(-n2cnnn2)c1)c1ccncc1. The zero-order chi connectivity index (χ0) is 21.1. The number of tetrazole rings is 1. The Kier molecular flexibility index (Phi) is 5.49. The van der Waals surface area contributed by atoms with Crippen molar-refractivity contribution in [2.24, 2.45) is 0 Å². The molecule has 0 aliphatic heterocycles. The maximum atomic E-state index is 13.5. The van der Waals surface area contributed by atoms with Crippen molar-refractivity contribution in [3.8, 4) is 16.8 Å². The van der Waals surface area contributed by atoms with E-state index in [1.807, 2.05) is 19.1 Å². The zero-order valence-corrected chi connectivity index (χ0v) is 16.6. The second-order valence-corrected chi connectivity index (χ2v) is 7.03. The standard InChI is InChI=1S/C21H16ClFN6O/c1-13(14-4-6-24-7-5-14)26-21(30)16-8-15(19-3-2-17(23)11-20(19)22)9-18(10-16)29-12-25-27-28-29/h2-13H,1H3,(H,26,30). The van der Waals surface area contributed by atoms with E-state index in [-0.39, 0.29) is 17.0 Å². The van der Waals surface area contributed by atoms with Gasteiger partial charge in [0.05, 0.1) is 16.8 Å². The Morgan fingerprint density at radius 1 is 1.13 bits per heavy atom. The zero-order valence-electron chi connectivity index (χ0n) is 15.8. The fourth-order valence-electron chi connectivity index (χ4n) is 3.05. The van der Waals surface area contributed by atoms with Crippen LogP contribution in [-0.2, 0) is 0 Å². The lowest BCUT2D eigenvalue weighted by Gasteiger charge is -2.16. The van der Waals surface area contributed by atoms with Gasteiger partial charge in [-0.1, -0.05) is 11.6 Å². The van der Waals surface area contributed by atoms with Gasteiger partial charge < -0.3 is 5.32 Å². The molecule has 2 aromatic heterocycles. The Morgan fingerprint density at radius 2 is 1.93 bits per heavy atom. The van der Waals surface area contributed by atoms with Gasteiger partial charge in [-0.2, -0.15) is 0 Å². The van der Waals surface area contributed by atoms with Crippen LogP contribution in [0.25, 0.3) is 16.8 Å². The Balaban J connectivity index is 1.73. The molecular weight excluding hydrogens is 407 g/mol. The van der Waals surface area contributed by atoms with E-state index in [9.17, 15) is 9.18 Å². The molecule has 4 aromatic rings. The molecule has 30 heavy (non-hydrogen) atoms. The number of halogens is 2. The van der Waals surface area contributed by atoms with Crippen LogP contribution < -0.4 is 5.32 Å². The molecule has 2 aromatic carbocycles. The summed E-state index contributed by atoms with van der Waals surface area (Å²) in [5.74, 6) is -0.724. The van der Waals surface area contributed by atoms with E-state index in [0.717, 1.165) is 5.56 Å². The van der Waals surface area contributed by atoms with Crippen molar-refractivity contribution < 1.29 is 9.18 Å². The molecule has 0 aliphatic rings. The van der Waals surface area contributed by atoms with Crippen molar-refractivity contribution >= 4 is 17.5 Å². The van der Waals surface area contributed by atoms with Crippen molar-refractivity contribution in [3.63, 3.8) is 0 Å². The first kappa shape index (κ1) is 19.7. The van der Waals surface area contributed by atoms with Gasteiger partial charge in [0.25, 0.3) is 5.91 Å². The molecular formula is C21H16ClFN6O. The average molecular weight is 423 g/mol. The summed E-state index contributed by atoms with van der Waals surface area (Å²) < 4.78 is 14.9. The predicted octanol–water partition coefficient (Wildman–Crippen LogP) is 4.01. The van der Waals surface area contributed by atoms with E-state index >= 15 is 0 Å². The van der Waals surface area contributed by atoms with Crippen LogP contribution in [0.3, 0.4) is 0 Å². The highest BCUT2D eigenvalue weighted by Crippen LogP contribution is 2.31. The second kappa shape index (κ2) is 8.38. The second-order valence-electron chi connectivity index (χ2n) is 6.62. The van der Waals surface area contributed by atoms with Crippen LogP contribution in [0.2, 0.25) is 5.02 Å². The largest absolute Gasteiger partial charge is 0.346 e. The molecule has 1 N–H and O–H groups in total. The van der Waals surface area contributed by atoms with Gasteiger partial charge in [-0.05, 0) is 77.0 Å². The first-order valence-electron chi connectivity index (χ1n) is 9.06. The van der Waals surface area contributed by atoms with Crippen molar-refractivity contribution in [2.45, 2.75) is 13.0 Å². The highest BCUT2D eigenvalue weighted by Gasteiger charge is 2.16. The molecule has 0 bridgehead atoms. The smallest absolute Gasteiger partial charge is 0.251 e. The van der Waals surface area contributed by atoms with E-state index in [0.29, 0.717) is 22.4 Å². The van der Waals surface area contributed by atoms with E-state index in [1.54, 1.807) is 36.7 Å². The number of pyridine rings is 1. The molecule has 150 valence electrons. The molecule has 9 heteroatoms. The summed E-state index contributed by atoms with van der Waals surface area (Å²) in [7, 11) is 0. The summed E-state index contributed by atoms with van der Waals surface area (Å²) in [4.78, 5) is 17.0. The number of amides is 1. The summed E-state index contributed by atoms with van der Waals surface area (Å²) >= 11 is 6.24. The number of hydrogen-bond donors (Lipinski definition) is 1. The monoisotopic (exact) mass is 422 g/mol. The normalized spacial score (nSPS) is 11.8. The van der Waals surface area contributed by atoms with Crippen LogP contribution in [0, 0.1) is 5.82 Å². The number of benzene rings is 2. The Hall–Kier alpha value is -3.65. The molecule has 0 aliphatic carbocycles. The molecule has 0 radical (unpaired) electrons. The quantitative estimate of drug-likeness (QED) is 0.525. The third kappa shape index (κ3) is 4.18. The minimum absolute atomic E-state index is 0.227. The van der Waals surface area contributed by atoms with Crippen LogP contribution in [0.15, 0.2) is 67.3 Å². The first-order valence-corrected chi connectivity index (χ1v) is 9.44. The molecule has 4 rings (SSSR count). The Morgan fingerprint density at radius 3 is 2.63 bits per heavy atom. The number of carbonyl (C=O) groups excluding carboxylic acids is 1. The van der Waals surface area contributed by atoms with E-state index in [4.69, 9.17) is 11.6 Å². The number of nitrogens with one attached hydrogen (secondary N) is 1. The summed E-state index contributed by atoms with van der Waals surface area (Å²) in [5.41, 5.74) is 3.11. The summed E-state index contributed by atoms with van der Waals surface area (Å²) in [6, 6.07) is 12.7.